The lowest BCUT2D eigenvalue weighted by Crippen LogP contribution is -2.45. The van der Waals surface area contributed by atoms with Crippen molar-refractivity contribution >= 4 is 5.91 Å². The molecule has 2 rings (SSSR count). The maximum atomic E-state index is 12.0. The second-order valence-corrected chi connectivity index (χ2v) is 6.43. The van der Waals surface area contributed by atoms with Crippen molar-refractivity contribution in [1.82, 2.24) is 5.32 Å². The minimum Gasteiger partial charge on any atom is -0.352 e. The SMILES string of the molecule is CC(CC1CC1)NC(=O)C(N)CC1CCCCC1. The van der Waals surface area contributed by atoms with E-state index in [1.807, 2.05) is 0 Å². The lowest BCUT2D eigenvalue weighted by atomic mass is 9.85. The van der Waals surface area contributed by atoms with Gasteiger partial charge in [-0.05, 0) is 31.6 Å². The highest BCUT2D eigenvalue weighted by atomic mass is 16.2. The molecule has 2 saturated carbocycles. The van der Waals surface area contributed by atoms with Gasteiger partial charge in [0.25, 0.3) is 0 Å². The number of amides is 1. The van der Waals surface area contributed by atoms with E-state index < -0.39 is 0 Å². The van der Waals surface area contributed by atoms with Gasteiger partial charge in [-0.3, -0.25) is 4.79 Å². The Bertz CT molecular complexity index is 270. The number of rotatable bonds is 6. The van der Waals surface area contributed by atoms with Crippen LogP contribution in [0.3, 0.4) is 0 Å². The number of hydrogen-bond acceptors (Lipinski definition) is 2. The lowest BCUT2D eigenvalue weighted by molar-refractivity contribution is -0.123. The Morgan fingerprint density at radius 3 is 2.33 bits per heavy atom. The zero-order chi connectivity index (χ0) is 13.0. The first kappa shape index (κ1) is 13.9. The Labute approximate surface area is 111 Å². The predicted molar refractivity (Wildman–Crippen MR) is 74.1 cm³/mol. The average Bonchev–Trinajstić information content (AvgIpc) is 3.14. The molecule has 0 radical (unpaired) electrons. The maximum Gasteiger partial charge on any atom is 0.237 e. The standard InChI is InChI=1S/C15H28N2O/c1-11(9-13-7-8-13)17-15(18)14(16)10-12-5-3-2-4-6-12/h11-14H,2-10,16H2,1H3,(H,17,18). The first-order valence-corrected chi connectivity index (χ1v) is 7.71. The molecule has 3 heteroatoms. The summed E-state index contributed by atoms with van der Waals surface area (Å²) in [6.07, 6.45) is 11.2. The summed E-state index contributed by atoms with van der Waals surface area (Å²) in [5.74, 6) is 1.60. The molecule has 2 aliphatic carbocycles. The molecular weight excluding hydrogens is 224 g/mol. The fraction of sp³-hybridized carbons (Fsp3) is 0.933. The first-order chi connectivity index (χ1) is 8.65. The number of nitrogens with two attached hydrogens (primary N) is 1. The van der Waals surface area contributed by atoms with E-state index in [1.165, 1.54) is 44.9 Å². The summed E-state index contributed by atoms with van der Waals surface area (Å²) in [4.78, 5) is 12.0. The monoisotopic (exact) mass is 252 g/mol. The Morgan fingerprint density at radius 2 is 1.72 bits per heavy atom. The van der Waals surface area contributed by atoms with Crippen molar-refractivity contribution in [3.63, 3.8) is 0 Å². The summed E-state index contributed by atoms with van der Waals surface area (Å²) >= 11 is 0. The molecule has 104 valence electrons. The largest absolute Gasteiger partial charge is 0.352 e. The predicted octanol–water partition coefficient (Wildman–Crippen LogP) is 2.59. The fourth-order valence-corrected chi connectivity index (χ4v) is 3.15. The minimum atomic E-state index is -0.297. The van der Waals surface area contributed by atoms with E-state index in [0.29, 0.717) is 12.0 Å². The van der Waals surface area contributed by atoms with Gasteiger partial charge in [0.1, 0.15) is 0 Å². The molecular formula is C15H28N2O. The second kappa shape index (κ2) is 6.55. The highest BCUT2D eigenvalue weighted by Gasteiger charge is 2.26. The molecule has 0 aliphatic heterocycles. The van der Waals surface area contributed by atoms with Crippen molar-refractivity contribution in [2.24, 2.45) is 17.6 Å². The zero-order valence-electron chi connectivity index (χ0n) is 11.7. The van der Waals surface area contributed by atoms with Gasteiger partial charge in [-0.1, -0.05) is 44.9 Å². The third-order valence-electron chi connectivity index (χ3n) is 4.42. The van der Waals surface area contributed by atoms with E-state index >= 15 is 0 Å². The van der Waals surface area contributed by atoms with Crippen molar-refractivity contribution < 1.29 is 4.79 Å². The van der Waals surface area contributed by atoms with Gasteiger partial charge in [-0.2, -0.15) is 0 Å². The topological polar surface area (TPSA) is 55.1 Å². The van der Waals surface area contributed by atoms with Crippen molar-refractivity contribution in [2.45, 2.75) is 76.8 Å². The quantitative estimate of drug-likeness (QED) is 0.763. The summed E-state index contributed by atoms with van der Waals surface area (Å²) in [6.45, 7) is 2.10. The molecule has 2 fully saturated rings. The summed E-state index contributed by atoms with van der Waals surface area (Å²) in [5, 5.41) is 3.08. The van der Waals surface area contributed by atoms with E-state index in [2.05, 4.69) is 12.2 Å². The van der Waals surface area contributed by atoms with Gasteiger partial charge in [0, 0.05) is 6.04 Å². The molecule has 0 aromatic heterocycles. The van der Waals surface area contributed by atoms with Gasteiger partial charge in [-0.25, -0.2) is 0 Å². The Balaban J connectivity index is 1.66. The van der Waals surface area contributed by atoms with Crippen molar-refractivity contribution in [2.75, 3.05) is 0 Å². The average molecular weight is 252 g/mol. The molecule has 0 heterocycles. The fourth-order valence-electron chi connectivity index (χ4n) is 3.15. The van der Waals surface area contributed by atoms with Crippen molar-refractivity contribution in [3.8, 4) is 0 Å². The Hall–Kier alpha value is -0.570. The maximum absolute atomic E-state index is 12.0. The van der Waals surface area contributed by atoms with Crippen LogP contribution >= 0.6 is 0 Å². The summed E-state index contributed by atoms with van der Waals surface area (Å²) in [5.41, 5.74) is 6.03. The molecule has 3 nitrogen and oxygen atoms in total. The molecule has 0 bridgehead atoms. The second-order valence-electron chi connectivity index (χ2n) is 6.43. The highest BCUT2D eigenvalue weighted by molar-refractivity contribution is 5.81. The van der Waals surface area contributed by atoms with Crippen LogP contribution < -0.4 is 11.1 Å². The van der Waals surface area contributed by atoms with Crippen LogP contribution in [0.15, 0.2) is 0 Å². The van der Waals surface area contributed by atoms with Crippen LogP contribution in [-0.4, -0.2) is 18.0 Å². The number of carbonyl (C=O) groups is 1. The van der Waals surface area contributed by atoms with E-state index in [9.17, 15) is 4.79 Å². The normalized spacial score (nSPS) is 24.6. The molecule has 0 aromatic rings. The molecule has 0 aromatic carbocycles. The van der Waals surface area contributed by atoms with Gasteiger partial charge in [0.2, 0.25) is 5.91 Å². The molecule has 2 atom stereocenters. The number of hydrogen-bond donors (Lipinski definition) is 2. The minimum absolute atomic E-state index is 0.0636. The zero-order valence-corrected chi connectivity index (χ0v) is 11.7. The number of nitrogens with one attached hydrogen (secondary N) is 1. The van der Waals surface area contributed by atoms with Crippen molar-refractivity contribution in [3.05, 3.63) is 0 Å². The molecule has 0 spiro atoms. The van der Waals surface area contributed by atoms with Gasteiger partial charge in [0.05, 0.1) is 6.04 Å². The van der Waals surface area contributed by atoms with E-state index in [-0.39, 0.29) is 11.9 Å². The lowest BCUT2D eigenvalue weighted by Gasteiger charge is -2.25. The summed E-state index contributed by atoms with van der Waals surface area (Å²) in [6, 6.07) is -0.00263. The van der Waals surface area contributed by atoms with Crippen LogP contribution in [0.25, 0.3) is 0 Å². The van der Waals surface area contributed by atoms with Crippen LogP contribution in [0.5, 0.6) is 0 Å². The third-order valence-corrected chi connectivity index (χ3v) is 4.42. The van der Waals surface area contributed by atoms with Crippen LogP contribution in [0.4, 0.5) is 0 Å². The third kappa shape index (κ3) is 4.60. The van der Waals surface area contributed by atoms with Crippen LogP contribution in [0.2, 0.25) is 0 Å². The molecule has 2 unspecified atom stereocenters. The van der Waals surface area contributed by atoms with Gasteiger partial charge < -0.3 is 11.1 Å². The van der Waals surface area contributed by atoms with Gasteiger partial charge in [-0.15, -0.1) is 0 Å². The van der Waals surface area contributed by atoms with Crippen LogP contribution in [0, 0.1) is 11.8 Å². The van der Waals surface area contributed by atoms with Crippen LogP contribution in [-0.2, 0) is 4.79 Å². The molecule has 2 aliphatic rings. The van der Waals surface area contributed by atoms with E-state index in [0.717, 1.165) is 18.8 Å². The molecule has 1 amide bonds. The Kier molecular flexibility index (Phi) is 5.04. The molecule has 3 N–H and O–H groups in total. The summed E-state index contributed by atoms with van der Waals surface area (Å²) in [7, 11) is 0. The van der Waals surface area contributed by atoms with Crippen LogP contribution in [0.1, 0.15) is 64.7 Å². The molecule has 0 saturated heterocycles. The van der Waals surface area contributed by atoms with Crippen molar-refractivity contribution in [1.29, 1.82) is 0 Å². The van der Waals surface area contributed by atoms with E-state index in [1.54, 1.807) is 0 Å². The highest BCUT2D eigenvalue weighted by Crippen LogP contribution is 2.33. The first-order valence-electron chi connectivity index (χ1n) is 7.71. The summed E-state index contributed by atoms with van der Waals surface area (Å²) < 4.78 is 0. The smallest absolute Gasteiger partial charge is 0.237 e. The Morgan fingerprint density at radius 1 is 1.11 bits per heavy atom. The van der Waals surface area contributed by atoms with Gasteiger partial charge >= 0.3 is 0 Å². The molecule has 18 heavy (non-hydrogen) atoms. The number of carbonyl (C=O) groups excluding carboxylic acids is 1. The van der Waals surface area contributed by atoms with E-state index in [4.69, 9.17) is 5.73 Å². The van der Waals surface area contributed by atoms with Gasteiger partial charge in [0.15, 0.2) is 0 Å².